The average molecular weight is 264 g/mol. The molecule has 1 aliphatic carbocycles. The maximum atomic E-state index is 9.21. The number of rotatable bonds is 2. The fraction of sp³-hybridized carbons (Fsp3) is 0.389. The first kappa shape index (κ1) is 13.0. The summed E-state index contributed by atoms with van der Waals surface area (Å²) in [5.41, 5.74) is 2.35. The lowest BCUT2D eigenvalue weighted by Crippen LogP contribution is -2.17. The fourth-order valence-electron chi connectivity index (χ4n) is 3.30. The lowest BCUT2D eigenvalue weighted by Gasteiger charge is -2.19. The van der Waals surface area contributed by atoms with Gasteiger partial charge in [-0.05, 0) is 36.8 Å². The third-order valence-electron chi connectivity index (χ3n) is 4.37. The molecule has 0 amide bonds. The minimum absolute atomic E-state index is 0.445. The van der Waals surface area contributed by atoms with Crippen molar-refractivity contribution < 1.29 is 0 Å². The highest BCUT2D eigenvalue weighted by atomic mass is 14.9. The third kappa shape index (κ3) is 2.36. The van der Waals surface area contributed by atoms with E-state index in [-0.39, 0.29) is 0 Å². The number of fused-ring (bicyclic) bond motifs is 1. The molecule has 2 aromatic rings. The number of nitrogens with zero attached hydrogens (tertiary/aromatic N) is 1. The minimum atomic E-state index is 0.445. The Bertz CT molecular complexity index is 679. The zero-order valence-corrected chi connectivity index (χ0v) is 12.1. The van der Waals surface area contributed by atoms with Gasteiger partial charge in [-0.15, -0.1) is 0 Å². The van der Waals surface area contributed by atoms with E-state index in [1.54, 1.807) is 0 Å². The van der Waals surface area contributed by atoms with Gasteiger partial charge in [-0.1, -0.05) is 38.1 Å². The van der Waals surface area contributed by atoms with Crippen molar-refractivity contribution in [2.45, 2.75) is 39.2 Å². The first-order valence-corrected chi connectivity index (χ1v) is 7.27. The van der Waals surface area contributed by atoms with E-state index in [0.29, 0.717) is 11.5 Å². The van der Waals surface area contributed by atoms with Crippen molar-refractivity contribution in [3.63, 3.8) is 0 Å². The first-order valence-electron chi connectivity index (χ1n) is 7.27. The van der Waals surface area contributed by atoms with Crippen LogP contribution in [0.3, 0.4) is 0 Å². The number of nitriles is 1. The highest BCUT2D eigenvalue weighted by molar-refractivity contribution is 5.97. The SMILES string of the molecule is CC1(C)CCC(Nc2ccc(C#N)c3ccccc23)C1. The van der Waals surface area contributed by atoms with E-state index < -0.39 is 0 Å². The Hall–Kier alpha value is -2.01. The zero-order chi connectivity index (χ0) is 14.2. The lowest BCUT2D eigenvalue weighted by molar-refractivity contribution is 0.378. The minimum Gasteiger partial charge on any atom is -0.382 e. The van der Waals surface area contributed by atoms with Crippen LogP contribution in [0.5, 0.6) is 0 Å². The topological polar surface area (TPSA) is 35.8 Å². The molecule has 2 aromatic carbocycles. The summed E-state index contributed by atoms with van der Waals surface area (Å²) in [6.07, 6.45) is 3.71. The van der Waals surface area contributed by atoms with Crippen LogP contribution in [-0.4, -0.2) is 6.04 Å². The van der Waals surface area contributed by atoms with E-state index in [2.05, 4.69) is 31.3 Å². The van der Waals surface area contributed by atoms with Crippen molar-refractivity contribution in [2.24, 2.45) is 5.41 Å². The Labute approximate surface area is 120 Å². The van der Waals surface area contributed by atoms with Crippen LogP contribution in [-0.2, 0) is 0 Å². The molecule has 0 heterocycles. The second kappa shape index (κ2) is 4.83. The highest BCUT2D eigenvalue weighted by Crippen LogP contribution is 2.39. The van der Waals surface area contributed by atoms with Crippen molar-refractivity contribution in [1.82, 2.24) is 0 Å². The van der Waals surface area contributed by atoms with Crippen LogP contribution in [0.1, 0.15) is 38.7 Å². The van der Waals surface area contributed by atoms with Crippen molar-refractivity contribution in [1.29, 1.82) is 5.26 Å². The molecule has 3 rings (SSSR count). The quantitative estimate of drug-likeness (QED) is 0.853. The van der Waals surface area contributed by atoms with Gasteiger partial charge in [0.2, 0.25) is 0 Å². The van der Waals surface area contributed by atoms with Gasteiger partial charge in [0.15, 0.2) is 0 Å². The summed E-state index contributed by atoms with van der Waals surface area (Å²) >= 11 is 0. The Balaban J connectivity index is 1.95. The van der Waals surface area contributed by atoms with Crippen LogP contribution in [0, 0.1) is 16.7 Å². The van der Waals surface area contributed by atoms with Gasteiger partial charge in [-0.2, -0.15) is 5.26 Å². The highest BCUT2D eigenvalue weighted by Gasteiger charge is 2.30. The van der Waals surface area contributed by atoms with Gasteiger partial charge in [0.05, 0.1) is 11.6 Å². The molecule has 1 saturated carbocycles. The molecule has 0 radical (unpaired) electrons. The molecule has 0 aromatic heterocycles. The Kier molecular flexibility index (Phi) is 3.14. The molecule has 1 aliphatic rings. The lowest BCUT2D eigenvalue weighted by atomic mass is 9.92. The smallest absolute Gasteiger partial charge is 0.0998 e. The Morgan fingerprint density at radius 2 is 1.90 bits per heavy atom. The largest absolute Gasteiger partial charge is 0.382 e. The summed E-state index contributed by atoms with van der Waals surface area (Å²) in [5, 5.41) is 15.1. The van der Waals surface area contributed by atoms with Gasteiger partial charge < -0.3 is 5.32 Å². The molecule has 0 aliphatic heterocycles. The maximum Gasteiger partial charge on any atom is 0.0998 e. The molecule has 0 spiro atoms. The fourth-order valence-corrected chi connectivity index (χ4v) is 3.30. The van der Waals surface area contributed by atoms with Crippen LogP contribution < -0.4 is 5.32 Å². The molecule has 2 heteroatoms. The van der Waals surface area contributed by atoms with Crippen molar-refractivity contribution >= 4 is 16.5 Å². The van der Waals surface area contributed by atoms with E-state index in [4.69, 9.17) is 0 Å². The van der Waals surface area contributed by atoms with E-state index in [1.807, 2.05) is 30.3 Å². The standard InChI is InChI=1S/C18H20N2/c1-18(2)10-9-14(11-18)20-17-8-7-13(12-19)15-5-3-4-6-16(15)17/h3-8,14,20H,9-11H2,1-2H3. The number of nitrogens with one attached hydrogen (secondary N) is 1. The number of hydrogen-bond acceptors (Lipinski definition) is 2. The third-order valence-corrected chi connectivity index (χ3v) is 4.37. The second-order valence-electron chi connectivity index (χ2n) is 6.57. The summed E-state index contributed by atoms with van der Waals surface area (Å²) in [5.74, 6) is 0. The van der Waals surface area contributed by atoms with Crippen molar-refractivity contribution in [3.05, 3.63) is 42.0 Å². The van der Waals surface area contributed by atoms with Crippen LogP contribution in [0.2, 0.25) is 0 Å². The van der Waals surface area contributed by atoms with Crippen LogP contribution >= 0.6 is 0 Å². The van der Waals surface area contributed by atoms with Crippen LogP contribution in [0.25, 0.3) is 10.8 Å². The number of benzene rings is 2. The monoisotopic (exact) mass is 264 g/mol. The molecule has 2 nitrogen and oxygen atoms in total. The number of hydrogen-bond donors (Lipinski definition) is 1. The average Bonchev–Trinajstić information content (AvgIpc) is 2.78. The van der Waals surface area contributed by atoms with E-state index in [1.165, 1.54) is 19.3 Å². The summed E-state index contributed by atoms with van der Waals surface area (Å²) < 4.78 is 0. The maximum absolute atomic E-state index is 9.21. The normalized spacial score (nSPS) is 20.8. The molecule has 1 N–H and O–H groups in total. The van der Waals surface area contributed by atoms with E-state index in [0.717, 1.165) is 22.0 Å². The van der Waals surface area contributed by atoms with Crippen molar-refractivity contribution in [2.75, 3.05) is 5.32 Å². The molecule has 102 valence electrons. The predicted octanol–water partition coefficient (Wildman–Crippen LogP) is 4.70. The summed E-state index contributed by atoms with van der Waals surface area (Å²) in [4.78, 5) is 0. The summed E-state index contributed by atoms with van der Waals surface area (Å²) in [6.45, 7) is 4.68. The van der Waals surface area contributed by atoms with Gasteiger partial charge in [0, 0.05) is 22.5 Å². The predicted molar refractivity (Wildman–Crippen MR) is 83.7 cm³/mol. The molecule has 1 unspecified atom stereocenters. The van der Waals surface area contributed by atoms with Gasteiger partial charge in [0.1, 0.15) is 0 Å². The Morgan fingerprint density at radius 1 is 1.15 bits per heavy atom. The molecular weight excluding hydrogens is 244 g/mol. The van der Waals surface area contributed by atoms with Crippen molar-refractivity contribution in [3.8, 4) is 6.07 Å². The summed E-state index contributed by atoms with van der Waals surface area (Å²) in [7, 11) is 0. The Morgan fingerprint density at radius 3 is 2.55 bits per heavy atom. The zero-order valence-electron chi connectivity index (χ0n) is 12.1. The molecular formula is C18H20N2. The molecule has 1 fully saturated rings. The second-order valence-corrected chi connectivity index (χ2v) is 6.57. The molecule has 20 heavy (non-hydrogen) atoms. The van der Waals surface area contributed by atoms with Gasteiger partial charge in [-0.3, -0.25) is 0 Å². The molecule has 1 atom stereocenters. The van der Waals surface area contributed by atoms with Gasteiger partial charge in [0.25, 0.3) is 0 Å². The van der Waals surface area contributed by atoms with Crippen LogP contribution in [0.4, 0.5) is 5.69 Å². The first-order chi connectivity index (χ1) is 9.59. The van der Waals surface area contributed by atoms with E-state index >= 15 is 0 Å². The molecule has 0 bridgehead atoms. The van der Waals surface area contributed by atoms with E-state index in [9.17, 15) is 5.26 Å². The van der Waals surface area contributed by atoms with Gasteiger partial charge >= 0.3 is 0 Å². The van der Waals surface area contributed by atoms with Crippen LogP contribution in [0.15, 0.2) is 36.4 Å². The number of anilines is 1. The molecule has 0 saturated heterocycles. The summed E-state index contributed by atoms with van der Waals surface area (Å²) in [6, 6.07) is 14.9. The van der Waals surface area contributed by atoms with Gasteiger partial charge in [-0.25, -0.2) is 0 Å².